The van der Waals surface area contributed by atoms with E-state index in [4.69, 9.17) is 6.42 Å². The van der Waals surface area contributed by atoms with Gasteiger partial charge in [-0.15, -0.1) is 6.42 Å². The van der Waals surface area contributed by atoms with Crippen LogP contribution < -0.4 is 10.2 Å². The van der Waals surface area contributed by atoms with Crippen molar-refractivity contribution in [1.29, 1.82) is 0 Å². The number of fused-ring (bicyclic) bond motifs is 1. The molecule has 0 aliphatic carbocycles. The van der Waals surface area contributed by atoms with Gasteiger partial charge < -0.3 is 4.90 Å². The van der Waals surface area contributed by atoms with Crippen LogP contribution >= 0.6 is 0 Å². The van der Waals surface area contributed by atoms with E-state index in [2.05, 4.69) is 17.8 Å². The SMILES string of the molecule is C#CCN(C)c1cccc2c1C(=C)N(C(CCC)C(=O)NC=O)C2=O. The van der Waals surface area contributed by atoms with Gasteiger partial charge in [-0.25, -0.2) is 0 Å². The van der Waals surface area contributed by atoms with Crippen molar-refractivity contribution in [1.82, 2.24) is 10.2 Å². The van der Waals surface area contributed by atoms with Crippen LogP contribution in [0.1, 0.15) is 35.7 Å². The number of hydrogen-bond donors (Lipinski definition) is 1. The fourth-order valence-electron chi connectivity index (χ4n) is 3.07. The van der Waals surface area contributed by atoms with E-state index in [0.717, 1.165) is 5.69 Å². The largest absolute Gasteiger partial charge is 0.363 e. The number of carbonyl (C=O) groups is 3. The molecule has 1 atom stereocenters. The Balaban J connectivity index is 2.48. The van der Waals surface area contributed by atoms with Crippen molar-refractivity contribution in [2.24, 2.45) is 0 Å². The molecule has 0 saturated carbocycles. The number of terminal acetylenes is 1. The summed E-state index contributed by atoms with van der Waals surface area (Å²) in [5.41, 5.74) is 2.37. The Morgan fingerprint density at radius 3 is 2.84 bits per heavy atom. The molecule has 1 unspecified atom stereocenters. The lowest BCUT2D eigenvalue weighted by molar-refractivity contribution is -0.128. The quantitative estimate of drug-likeness (QED) is 0.605. The van der Waals surface area contributed by atoms with Gasteiger partial charge in [-0.1, -0.05) is 31.9 Å². The van der Waals surface area contributed by atoms with E-state index in [9.17, 15) is 14.4 Å². The molecule has 0 saturated heterocycles. The average molecular weight is 339 g/mol. The number of amides is 3. The van der Waals surface area contributed by atoms with Crippen LogP contribution in [-0.4, -0.2) is 42.8 Å². The zero-order chi connectivity index (χ0) is 18.6. The topological polar surface area (TPSA) is 69.7 Å². The van der Waals surface area contributed by atoms with Crippen molar-refractivity contribution < 1.29 is 14.4 Å². The first-order valence-electron chi connectivity index (χ1n) is 8.02. The maximum absolute atomic E-state index is 12.9. The lowest BCUT2D eigenvalue weighted by atomic mass is 10.1. The summed E-state index contributed by atoms with van der Waals surface area (Å²) in [6.07, 6.45) is 6.81. The van der Waals surface area contributed by atoms with Crippen molar-refractivity contribution in [2.75, 3.05) is 18.5 Å². The van der Waals surface area contributed by atoms with E-state index >= 15 is 0 Å². The molecule has 0 radical (unpaired) electrons. The molecular formula is C19H21N3O3. The van der Waals surface area contributed by atoms with E-state index in [1.807, 2.05) is 24.9 Å². The van der Waals surface area contributed by atoms with Gasteiger partial charge in [0, 0.05) is 24.0 Å². The maximum atomic E-state index is 12.9. The molecule has 1 aliphatic rings. The molecule has 6 nitrogen and oxygen atoms in total. The van der Waals surface area contributed by atoms with Crippen molar-refractivity contribution in [3.63, 3.8) is 0 Å². The standard InChI is InChI=1S/C19H21N3O3/c1-5-8-16(18(24)20-12-23)22-13(3)17-14(19(22)25)9-7-10-15(17)21(4)11-6-2/h2,7,9-10,12,16H,3,5,8,11H2,1,4H3,(H,20,23,24). The van der Waals surface area contributed by atoms with E-state index in [1.165, 1.54) is 4.90 Å². The second kappa shape index (κ2) is 7.67. The Kier molecular flexibility index (Phi) is 5.60. The predicted molar refractivity (Wildman–Crippen MR) is 96.7 cm³/mol. The lowest BCUT2D eigenvalue weighted by Gasteiger charge is -2.27. The van der Waals surface area contributed by atoms with Gasteiger partial charge in [0.2, 0.25) is 12.3 Å². The third-order valence-corrected chi connectivity index (χ3v) is 4.19. The van der Waals surface area contributed by atoms with E-state index in [0.29, 0.717) is 42.6 Å². The lowest BCUT2D eigenvalue weighted by Crippen LogP contribution is -2.46. The fourth-order valence-corrected chi connectivity index (χ4v) is 3.07. The maximum Gasteiger partial charge on any atom is 0.259 e. The molecule has 2 rings (SSSR count). The van der Waals surface area contributed by atoms with Crippen LogP contribution in [0.5, 0.6) is 0 Å². The third kappa shape index (κ3) is 3.26. The van der Waals surface area contributed by atoms with Crippen molar-refractivity contribution >= 4 is 29.6 Å². The molecule has 0 bridgehead atoms. The zero-order valence-electron chi connectivity index (χ0n) is 14.4. The molecule has 0 fully saturated rings. The number of rotatable bonds is 7. The van der Waals surface area contributed by atoms with E-state index < -0.39 is 11.9 Å². The second-order valence-corrected chi connectivity index (χ2v) is 5.81. The first-order chi connectivity index (χ1) is 12.0. The molecule has 1 aliphatic heterocycles. The van der Waals surface area contributed by atoms with Gasteiger partial charge >= 0.3 is 0 Å². The fraction of sp³-hybridized carbons (Fsp3) is 0.316. The minimum Gasteiger partial charge on any atom is -0.363 e. The molecule has 0 spiro atoms. The summed E-state index contributed by atoms with van der Waals surface area (Å²) >= 11 is 0. The van der Waals surface area contributed by atoms with Gasteiger partial charge in [0.15, 0.2) is 0 Å². The van der Waals surface area contributed by atoms with E-state index in [-0.39, 0.29) is 5.91 Å². The summed E-state index contributed by atoms with van der Waals surface area (Å²) in [5, 5.41) is 2.14. The van der Waals surface area contributed by atoms with Crippen LogP contribution in [0.25, 0.3) is 5.70 Å². The highest BCUT2D eigenvalue weighted by Crippen LogP contribution is 2.39. The molecule has 25 heavy (non-hydrogen) atoms. The van der Waals surface area contributed by atoms with Gasteiger partial charge in [0.25, 0.3) is 5.91 Å². The Hall–Kier alpha value is -3.07. The summed E-state index contributed by atoms with van der Waals surface area (Å²) in [7, 11) is 1.83. The summed E-state index contributed by atoms with van der Waals surface area (Å²) < 4.78 is 0. The van der Waals surface area contributed by atoms with Crippen LogP contribution in [0.15, 0.2) is 24.8 Å². The van der Waals surface area contributed by atoms with Crippen molar-refractivity contribution in [3.05, 3.63) is 35.9 Å². The minimum atomic E-state index is -0.784. The van der Waals surface area contributed by atoms with Crippen LogP contribution in [0.3, 0.4) is 0 Å². The van der Waals surface area contributed by atoms with Gasteiger partial charge in [0.05, 0.1) is 12.1 Å². The molecule has 1 N–H and O–H groups in total. The molecule has 0 aromatic heterocycles. The van der Waals surface area contributed by atoms with Crippen LogP contribution in [0.4, 0.5) is 5.69 Å². The highest BCUT2D eigenvalue weighted by molar-refractivity contribution is 6.13. The number of imide groups is 1. The predicted octanol–water partition coefficient (Wildman–Crippen LogP) is 1.62. The summed E-state index contributed by atoms with van der Waals surface area (Å²) in [6.45, 7) is 6.32. The van der Waals surface area contributed by atoms with Crippen molar-refractivity contribution in [2.45, 2.75) is 25.8 Å². The Labute approximate surface area is 147 Å². The molecule has 130 valence electrons. The second-order valence-electron chi connectivity index (χ2n) is 5.81. The molecule has 3 amide bonds. The molecule has 1 aromatic rings. The van der Waals surface area contributed by atoms with Crippen LogP contribution in [0, 0.1) is 12.3 Å². The van der Waals surface area contributed by atoms with Gasteiger partial charge in [-0.2, -0.15) is 0 Å². The van der Waals surface area contributed by atoms with Gasteiger partial charge in [0.1, 0.15) is 6.04 Å². The van der Waals surface area contributed by atoms with Gasteiger partial charge in [-0.05, 0) is 18.6 Å². The van der Waals surface area contributed by atoms with Gasteiger partial charge in [-0.3, -0.25) is 24.6 Å². The first-order valence-corrected chi connectivity index (χ1v) is 8.02. The van der Waals surface area contributed by atoms with Crippen LogP contribution in [0.2, 0.25) is 0 Å². The zero-order valence-corrected chi connectivity index (χ0v) is 14.4. The van der Waals surface area contributed by atoms with Crippen LogP contribution in [-0.2, 0) is 9.59 Å². The number of benzene rings is 1. The summed E-state index contributed by atoms with van der Waals surface area (Å²) in [4.78, 5) is 39.0. The highest BCUT2D eigenvalue weighted by atomic mass is 16.2. The molecule has 1 heterocycles. The van der Waals surface area contributed by atoms with E-state index in [1.54, 1.807) is 12.1 Å². The summed E-state index contributed by atoms with van der Waals surface area (Å²) in [5.74, 6) is 1.76. The van der Waals surface area contributed by atoms with Crippen molar-refractivity contribution in [3.8, 4) is 12.3 Å². The molecule has 6 heteroatoms. The smallest absolute Gasteiger partial charge is 0.259 e. The molecule has 1 aromatic carbocycles. The number of nitrogens with one attached hydrogen (secondary N) is 1. The normalized spacial score (nSPS) is 13.9. The number of hydrogen-bond acceptors (Lipinski definition) is 4. The Bertz CT molecular complexity index is 764. The third-order valence-electron chi connectivity index (χ3n) is 4.19. The average Bonchev–Trinajstić information content (AvgIpc) is 2.84. The number of carbonyl (C=O) groups excluding carboxylic acids is 3. The highest BCUT2D eigenvalue weighted by Gasteiger charge is 2.40. The number of anilines is 1. The Morgan fingerprint density at radius 2 is 2.24 bits per heavy atom. The summed E-state index contributed by atoms with van der Waals surface area (Å²) in [6, 6.07) is 4.55. The minimum absolute atomic E-state index is 0.296. The monoisotopic (exact) mass is 339 g/mol. The first kappa shape index (κ1) is 18.3. The number of nitrogens with zero attached hydrogens (tertiary/aromatic N) is 2. The molecular weight excluding hydrogens is 318 g/mol. The Morgan fingerprint density at radius 1 is 1.52 bits per heavy atom.